The van der Waals surface area contributed by atoms with Gasteiger partial charge in [0.05, 0.1) is 5.69 Å². The first kappa shape index (κ1) is 12.6. The van der Waals surface area contributed by atoms with Crippen LogP contribution >= 0.6 is 0 Å². The van der Waals surface area contributed by atoms with E-state index < -0.39 is 0 Å². The van der Waals surface area contributed by atoms with Crippen LogP contribution in [0.2, 0.25) is 0 Å². The maximum Gasteiger partial charge on any atom is 0.178 e. The van der Waals surface area contributed by atoms with Crippen LogP contribution in [0.15, 0.2) is 18.5 Å². The number of aromatic nitrogens is 4. The number of hydrogen-bond donors (Lipinski definition) is 1. The van der Waals surface area contributed by atoms with Crippen molar-refractivity contribution in [2.45, 2.75) is 27.3 Å². The van der Waals surface area contributed by atoms with Gasteiger partial charge >= 0.3 is 0 Å². The minimum Gasteiger partial charge on any atom is -0.311 e. The van der Waals surface area contributed by atoms with Crippen LogP contribution in [0.1, 0.15) is 24.0 Å². The number of nitrogens with one attached hydrogen (secondary N) is 1. The molecule has 0 aliphatic carbocycles. The monoisotopic (exact) mass is 243 g/mol. The van der Waals surface area contributed by atoms with Gasteiger partial charge in [-0.05, 0) is 32.0 Å². The molecule has 0 unspecified atom stereocenters. The lowest BCUT2D eigenvalue weighted by atomic mass is 10.2. The topological polar surface area (TPSA) is 63.6 Å². The van der Waals surface area contributed by atoms with E-state index in [0.29, 0.717) is 5.82 Å². The number of hydrogen-bond acceptors (Lipinski definition) is 5. The summed E-state index contributed by atoms with van der Waals surface area (Å²) in [4.78, 5) is 17.3. The number of nitrogens with zero attached hydrogens (tertiary/aromatic N) is 4. The molecule has 0 aliphatic heterocycles. The molecular weight excluding hydrogens is 226 g/mol. The average Bonchev–Trinajstić information content (AvgIpc) is 2.38. The molecule has 0 fully saturated rings. The second kappa shape index (κ2) is 5.64. The summed E-state index contributed by atoms with van der Waals surface area (Å²) in [5.74, 6) is 1.38. The summed E-state index contributed by atoms with van der Waals surface area (Å²) in [5, 5.41) is 3.27. The lowest BCUT2D eigenvalue weighted by molar-refractivity contribution is 0.704. The second-order valence-corrected chi connectivity index (χ2v) is 4.09. The molecule has 2 rings (SSSR count). The Kier molecular flexibility index (Phi) is 3.94. The summed E-state index contributed by atoms with van der Waals surface area (Å²) in [6.07, 6.45) is 3.57. The summed E-state index contributed by atoms with van der Waals surface area (Å²) in [6.45, 7) is 7.62. The zero-order valence-corrected chi connectivity index (χ0v) is 10.9. The third-order valence-corrected chi connectivity index (χ3v) is 2.62. The van der Waals surface area contributed by atoms with Gasteiger partial charge in [0.15, 0.2) is 5.82 Å². The van der Waals surface area contributed by atoms with Crippen LogP contribution in [0, 0.1) is 13.8 Å². The van der Waals surface area contributed by atoms with E-state index in [9.17, 15) is 0 Å². The molecule has 0 radical (unpaired) electrons. The average molecular weight is 243 g/mol. The summed E-state index contributed by atoms with van der Waals surface area (Å²) in [5.41, 5.74) is 2.86. The highest BCUT2D eigenvalue weighted by Gasteiger charge is 2.07. The van der Waals surface area contributed by atoms with E-state index in [0.717, 1.165) is 35.9 Å². The van der Waals surface area contributed by atoms with Crippen molar-refractivity contribution in [2.75, 3.05) is 6.54 Å². The smallest absolute Gasteiger partial charge is 0.178 e. The van der Waals surface area contributed by atoms with Crippen molar-refractivity contribution in [3.63, 3.8) is 0 Å². The molecule has 2 heterocycles. The third kappa shape index (κ3) is 2.87. The van der Waals surface area contributed by atoms with Gasteiger partial charge in [0.1, 0.15) is 11.5 Å². The highest BCUT2D eigenvalue weighted by atomic mass is 15.0. The molecule has 2 aromatic heterocycles. The zero-order chi connectivity index (χ0) is 13.0. The Morgan fingerprint density at radius 2 is 2.00 bits per heavy atom. The van der Waals surface area contributed by atoms with Crippen molar-refractivity contribution in [1.82, 2.24) is 25.3 Å². The summed E-state index contributed by atoms with van der Waals surface area (Å²) < 4.78 is 0. The van der Waals surface area contributed by atoms with Crippen LogP contribution in [0.5, 0.6) is 0 Å². The highest BCUT2D eigenvalue weighted by molar-refractivity contribution is 5.48. The molecule has 94 valence electrons. The van der Waals surface area contributed by atoms with E-state index >= 15 is 0 Å². The summed E-state index contributed by atoms with van der Waals surface area (Å²) in [6, 6.07) is 1.83. The van der Waals surface area contributed by atoms with Gasteiger partial charge in [0, 0.05) is 18.9 Å². The number of aryl methyl sites for hydroxylation is 2. The molecule has 0 spiro atoms. The second-order valence-electron chi connectivity index (χ2n) is 4.09. The normalized spacial score (nSPS) is 10.6. The molecule has 0 aromatic carbocycles. The molecule has 0 aliphatic rings. The molecule has 0 amide bonds. The quantitative estimate of drug-likeness (QED) is 0.884. The Morgan fingerprint density at radius 3 is 2.72 bits per heavy atom. The molecule has 2 aromatic rings. The van der Waals surface area contributed by atoms with E-state index in [4.69, 9.17) is 0 Å². The Balaban J connectivity index is 2.34. The fraction of sp³-hybridized carbons (Fsp3) is 0.385. The van der Waals surface area contributed by atoms with Crippen LogP contribution in [0.4, 0.5) is 0 Å². The van der Waals surface area contributed by atoms with Crippen molar-refractivity contribution in [3.8, 4) is 11.5 Å². The van der Waals surface area contributed by atoms with E-state index in [1.54, 1.807) is 6.20 Å². The SMILES string of the molecule is CCNCc1nc(-c2ccnc(C)n2)ncc1C. The lowest BCUT2D eigenvalue weighted by Gasteiger charge is -2.07. The molecule has 0 atom stereocenters. The molecule has 5 nitrogen and oxygen atoms in total. The Bertz CT molecular complexity index is 539. The molecule has 1 N–H and O–H groups in total. The number of rotatable bonds is 4. The van der Waals surface area contributed by atoms with Crippen LogP contribution < -0.4 is 5.32 Å². The standard InChI is InChI=1S/C13H17N5/c1-4-14-8-12-9(2)7-16-13(18-12)11-5-6-15-10(3)17-11/h5-7,14H,4,8H2,1-3H3. The first-order chi connectivity index (χ1) is 8.70. The highest BCUT2D eigenvalue weighted by Crippen LogP contribution is 2.13. The van der Waals surface area contributed by atoms with Gasteiger partial charge in [-0.2, -0.15) is 0 Å². The van der Waals surface area contributed by atoms with Gasteiger partial charge in [-0.3, -0.25) is 0 Å². The van der Waals surface area contributed by atoms with Crippen molar-refractivity contribution in [1.29, 1.82) is 0 Å². The Hall–Kier alpha value is -1.88. The van der Waals surface area contributed by atoms with Crippen LogP contribution in [-0.4, -0.2) is 26.5 Å². The zero-order valence-electron chi connectivity index (χ0n) is 10.9. The van der Waals surface area contributed by atoms with Gasteiger partial charge in [-0.1, -0.05) is 6.92 Å². The molecule has 0 bridgehead atoms. The molecule has 0 saturated heterocycles. The molecule has 0 saturated carbocycles. The minimum atomic E-state index is 0.652. The van der Waals surface area contributed by atoms with Crippen LogP contribution in [0.25, 0.3) is 11.5 Å². The first-order valence-corrected chi connectivity index (χ1v) is 6.04. The van der Waals surface area contributed by atoms with Gasteiger partial charge in [0.25, 0.3) is 0 Å². The van der Waals surface area contributed by atoms with Crippen molar-refractivity contribution >= 4 is 0 Å². The fourth-order valence-corrected chi connectivity index (χ4v) is 1.60. The predicted molar refractivity (Wildman–Crippen MR) is 69.9 cm³/mol. The van der Waals surface area contributed by atoms with E-state index in [1.165, 1.54) is 0 Å². The van der Waals surface area contributed by atoms with Crippen molar-refractivity contribution in [3.05, 3.63) is 35.5 Å². The Morgan fingerprint density at radius 1 is 1.17 bits per heavy atom. The maximum absolute atomic E-state index is 4.56. The largest absolute Gasteiger partial charge is 0.311 e. The van der Waals surface area contributed by atoms with E-state index in [1.807, 2.05) is 26.1 Å². The van der Waals surface area contributed by atoms with Crippen molar-refractivity contribution < 1.29 is 0 Å². The Labute approximate surface area is 107 Å². The molecular formula is C13H17N5. The minimum absolute atomic E-state index is 0.652. The molecule has 18 heavy (non-hydrogen) atoms. The van der Waals surface area contributed by atoms with Crippen LogP contribution in [-0.2, 0) is 6.54 Å². The summed E-state index contributed by atoms with van der Waals surface area (Å²) >= 11 is 0. The third-order valence-electron chi connectivity index (χ3n) is 2.62. The van der Waals surface area contributed by atoms with Gasteiger partial charge < -0.3 is 5.32 Å². The van der Waals surface area contributed by atoms with Gasteiger partial charge in [0.2, 0.25) is 0 Å². The van der Waals surface area contributed by atoms with E-state index in [-0.39, 0.29) is 0 Å². The lowest BCUT2D eigenvalue weighted by Crippen LogP contribution is -2.14. The summed E-state index contributed by atoms with van der Waals surface area (Å²) in [7, 11) is 0. The van der Waals surface area contributed by atoms with Gasteiger partial charge in [-0.25, -0.2) is 19.9 Å². The first-order valence-electron chi connectivity index (χ1n) is 6.04. The predicted octanol–water partition coefficient (Wildman–Crippen LogP) is 1.66. The van der Waals surface area contributed by atoms with Gasteiger partial charge in [-0.15, -0.1) is 0 Å². The molecule has 5 heteroatoms. The van der Waals surface area contributed by atoms with Crippen LogP contribution in [0.3, 0.4) is 0 Å². The fourth-order valence-electron chi connectivity index (χ4n) is 1.60. The van der Waals surface area contributed by atoms with Crippen molar-refractivity contribution in [2.24, 2.45) is 0 Å². The van der Waals surface area contributed by atoms with E-state index in [2.05, 4.69) is 32.2 Å². The maximum atomic E-state index is 4.56.